The number of imidazole rings is 1. The molecular formula is C21H19FN8OS. The van der Waals surface area contributed by atoms with Gasteiger partial charge in [0.15, 0.2) is 5.82 Å². The van der Waals surface area contributed by atoms with E-state index in [0.29, 0.717) is 33.2 Å². The van der Waals surface area contributed by atoms with Gasteiger partial charge in [-0.2, -0.15) is 0 Å². The van der Waals surface area contributed by atoms with Gasteiger partial charge in [-0.3, -0.25) is 4.79 Å². The maximum absolute atomic E-state index is 14.4. The van der Waals surface area contributed by atoms with Crippen LogP contribution in [0.3, 0.4) is 0 Å². The van der Waals surface area contributed by atoms with Crippen molar-refractivity contribution in [1.82, 2.24) is 34.4 Å². The normalized spacial score (nSPS) is 11.4. The predicted molar refractivity (Wildman–Crippen MR) is 121 cm³/mol. The Morgan fingerprint density at radius 1 is 1.28 bits per heavy atom. The van der Waals surface area contributed by atoms with Gasteiger partial charge in [-0.15, -0.1) is 5.10 Å². The molecular weight excluding hydrogens is 431 g/mol. The molecule has 0 aliphatic rings. The molecule has 0 saturated carbocycles. The lowest BCUT2D eigenvalue weighted by Gasteiger charge is -2.07. The summed E-state index contributed by atoms with van der Waals surface area (Å²) in [6.07, 6.45) is 1.74. The molecule has 1 aromatic carbocycles. The number of nitrogens with one attached hydrogen (secondary N) is 3. The first kappa shape index (κ1) is 20.1. The van der Waals surface area contributed by atoms with E-state index in [-0.39, 0.29) is 12.5 Å². The zero-order chi connectivity index (χ0) is 22.4. The van der Waals surface area contributed by atoms with Crippen LogP contribution in [0.5, 0.6) is 0 Å². The summed E-state index contributed by atoms with van der Waals surface area (Å²) in [5.74, 6) is -0.0103. The molecule has 11 heteroatoms. The van der Waals surface area contributed by atoms with Crippen molar-refractivity contribution in [3.8, 4) is 11.3 Å². The molecule has 3 N–H and O–H groups in total. The van der Waals surface area contributed by atoms with Crippen LogP contribution in [0.25, 0.3) is 33.3 Å². The van der Waals surface area contributed by atoms with Gasteiger partial charge in [0.1, 0.15) is 21.9 Å². The summed E-state index contributed by atoms with van der Waals surface area (Å²) in [7, 11) is 3.72. The maximum Gasteiger partial charge on any atom is 0.265 e. The molecule has 32 heavy (non-hydrogen) atoms. The second-order valence-electron chi connectivity index (χ2n) is 7.43. The van der Waals surface area contributed by atoms with Crippen LogP contribution in [0.2, 0.25) is 0 Å². The van der Waals surface area contributed by atoms with Gasteiger partial charge in [0.2, 0.25) is 0 Å². The third-order valence-electron chi connectivity index (χ3n) is 5.25. The highest BCUT2D eigenvalue weighted by atomic mass is 32.1. The molecule has 9 nitrogen and oxygen atoms in total. The number of fused-ring (bicyclic) bond motifs is 3. The highest BCUT2D eigenvalue weighted by Crippen LogP contribution is 2.32. The first-order valence-electron chi connectivity index (χ1n) is 9.83. The van der Waals surface area contributed by atoms with Crippen LogP contribution in [0.4, 0.5) is 10.2 Å². The Balaban J connectivity index is 1.50. The van der Waals surface area contributed by atoms with Crippen LogP contribution >= 0.6 is 11.5 Å². The lowest BCUT2D eigenvalue weighted by atomic mass is 10.1. The molecule has 0 unspecified atom stereocenters. The molecule has 162 valence electrons. The summed E-state index contributed by atoms with van der Waals surface area (Å²) in [6, 6.07) is 6.63. The molecule has 0 radical (unpaired) electrons. The maximum atomic E-state index is 14.4. The second kappa shape index (κ2) is 7.68. The minimum atomic E-state index is -0.393. The number of anilines is 1. The predicted octanol–water partition coefficient (Wildman–Crippen LogP) is 3.39. The van der Waals surface area contributed by atoms with Crippen LogP contribution in [-0.2, 0) is 13.6 Å². The summed E-state index contributed by atoms with van der Waals surface area (Å²) in [4.78, 5) is 25.1. The number of carbonyl (C=O) groups excluding carboxylic acids is 1. The summed E-state index contributed by atoms with van der Waals surface area (Å²) >= 11 is 1.03. The smallest absolute Gasteiger partial charge is 0.265 e. The average Bonchev–Trinajstić information content (AvgIpc) is 3.49. The highest BCUT2D eigenvalue weighted by molar-refractivity contribution is 7.08. The third kappa shape index (κ3) is 3.36. The van der Waals surface area contributed by atoms with Crippen molar-refractivity contribution in [3.05, 3.63) is 52.5 Å². The zero-order valence-corrected chi connectivity index (χ0v) is 18.3. The average molecular weight is 451 g/mol. The zero-order valence-electron chi connectivity index (χ0n) is 17.5. The molecule has 0 aliphatic heterocycles. The summed E-state index contributed by atoms with van der Waals surface area (Å²) in [5.41, 5.74) is 4.95. The topological polar surface area (TPSA) is 113 Å². The number of H-pyrrole nitrogens is 1. The van der Waals surface area contributed by atoms with Crippen molar-refractivity contribution in [2.75, 3.05) is 12.4 Å². The highest BCUT2D eigenvalue weighted by Gasteiger charge is 2.16. The fourth-order valence-electron chi connectivity index (χ4n) is 3.74. The second-order valence-corrected chi connectivity index (χ2v) is 8.18. The van der Waals surface area contributed by atoms with Crippen molar-refractivity contribution in [2.45, 2.75) is 13.5 Å². The third-order valence-corrected chi connectivity index (χ3v) is 6.08. The van der Waals surface area contributed by atoms with Crippen LogP contribution < -0.4 is 10.6 Å². The van der Waals surface area contributed by atoms with E-state index in [4.69, 9.17) is 0 Å². The van der Waals surface area contributed by atoms with Gasteiger partial charge in [-0.05, 0) is 48.3 Å². The number of carbonyl (C=O) groups is 1. The molecule has 0 bridgehead atoms. The van der Waals surface area contributed by atoms with E-state index in [9.17, 15) is 9.18 Å². The van der Waals surface area contributed by atoms with Crippen LogP contribution in [-0.4, -0.2) is 42.1 Å². The molecule has 5 aromatic rings. The van der Waals surface area contributed by atoms with Gasteiger partial charge in [-0.1, -0.05) is 4.49 Å². The SMILES string of the molecule is CNc1nc2[nH]c(-c3cc(F)cc(CNC(=O)c4snnc4C)c3)cc2c2c1ncn2C. The number of benzene rings is 1. The number of nitrogens with zero attached hydrogens (tertiary/aromatic N) is 5. The fourth-order valence-corrected chi connectivity index (χ4v) is 4.31. The number of halogens is 1. The standard InChI is InChI=1S/C21H19FN8OS/c1-10-18(32-29-28-10)21(31)24-8-11-4-12(6-13(22)5-11)15-7-14-17-16(25-9-30(17)3)20(23-2)27-19(14)26-15/h4-7,9H,8H2,1-3H3,(H,24,31)(H2,23,26,27). The number of rotatable bonds is 5. The Morgan fingerprint density at radius 3 is 2.88 bits per heavy atom. The number of amides is 1. The molecule has 1 amide bonds. The van der Waals surface area contributed by atoms with E-state index in [1.54, 1.807) is 20.3 Å². The minimum Gasteiger partial charge on any atom is -0.371 e. The van der Waals surface area contributed by atoms with Crippen molar-refractivity contribution in [2.24, 2.45) is 7.05 Å². The Labute approximate surface area is 185 Å². The Hall–Kier alpha value is -3.86. The quantitative estimate of drug-likeness (QED) is 0.378. The summed E-state index contributed by atoms with van der Waals surface area (Å²) in [6.45, 7) is 1.90. The van der Waals surface area contributed by atoms with E-state index < -0.39 is 5.82 Å². The molecule has 0 fully saturated rings. The van der Waals surface area contributed by atoms with Gasteiger partial charge >= 0.3 is 0 Å². The van der Waals surface area contributed by atoms with Gasteiger partial charge in [0.05, 0.1) is 17.5 Å². The number of pyridine rings is 1. The number of aryl methyl sites for hydroxylation is 2. The minimum absolute atomic E-state index is 0.176. The fraction of sp³-hybridized carbons (Fsp3) is 0.190. The number of hydrogen-bond donors (Lipinski definition) is 3. The van der Waals surface area contributed by atoms with E-state index in [2.05, 4.69) is 35.2 Å². The van der Waals surface area contributed by atoms with Gasteiger partial charge in [-0.25, -0.2) is 14.4 Å². The van der Waals surface area contributed by atoms with Crippen LogP contribution in [0.1, 0.15) is 20.9 Å². The molecule has 0 spiro atoms. The van der Waals surface area contributed by atoms with E-state index in [0.717, 1.165) is 33.6 Å². The van der Waals surface area contributed by atoms with Gasteiger partial charge in [0, 0.05) is 37.3 Å². The number of hydrogen-bond acceptors (Lipinski definition) is 7. The molecule has 5 rings (SSSR count). The van der Waals surface area contributed by atoms with Gasteiger partial charge < -0.3 is 20.2 Å². The Morgan fingerprint density at radius 2 is 2.12 bits per heavy atom. The molecule has 4 heterocycles. The Bertz CT molecular complexity index is 1480. The summed E-state index contributed by atoms with van der Waals surface area (Å²) in [5, 5.41) is 10.6. The molecule has 0 atom stereocenters. The van der Waals surface area contributed by atoms with Crippen molar-refractivity contribution < 1.29 is 9.18 Å². The van der Waals surface area contributed by atoms with Crippen molar-refractivity contribution in [1.29, 1.82) is 0 Å². The van der Waals surface area contributed by atoms with Crippen LogP contribution in [0.15, 0.2) is 30.6 Å². The summed E-state index contributed by atoms with van der Waals surface area (Å²) < 4.78 is 20.1. The molecule has 0 aliphatic carbocycles. The van der Waals surface area contributed by atoms with E-state index >= 15 is 0 Å². The molecule has 4 aromatic heterocycles. The van der Waals surface area contributed by atoms with E-state index in [1.807, 2.05) is 23.7 Å². The van der Waals surface area contributed by atoms with E-state index in [1.165, 1.54) is 12.1 Å². The first-order chi connectivity index (χ1) is 15.4. The van der Waals surface area contributed by atoms with Gasteiger partial charge in [0.25, 0.3) is 5.91 Å². The lowest BCUT2D eigenvalue weighted by molar-refractivity contribution is 0.0954. The largest absolute Gasteiger partial charge is 0.371 e. The lowest BCUT2D eigenvalue weighted by Crippen LogP contribution is -2.22. The Kier molecular flexibility index (Phi) is 4.82. The van der Waals surface area contributed by atoms with Crippen LogP contribution in [0, 0.1) is 12.7 Å². The molecule has 0 saturated heterocycles. The van der Waals surface area contributed by atoms with Crippen molar-refractivity contribution >= 4 is 45.3 Å². The first-order valence-corrected chi connectivity index (χ1v) is 10.6. The number of aromatic amines is 1. The number of aromatic nitrogens is 6. The monoisotopic (exact) mass is 450 g/mol. The van der Waals surface area contributed by atoms with Crippen molar-refractivity contribution in [3.63, 3.8) is 0 Å².